The van der Waals surface area contributed by atoms with Crippen molar-refractivity contribution >= 4 is 38.6 Å². The maximum absolute atomic E-state index is 11.8. The standard InChI is InChI=1S/C13H10BrClN4O/c1-6-3-8(14)4-7(2)10(6)19-5-9-11(18-19)16-13(15)17-12(9)20/h3-5H,1-2H3,(H,16,17,18,20). The third-order valence-corrected chi connectivity index (χ3v) is 3.68. The Balaban J connectivity index is 2.31. The molecule has 7 heteroatoms. The number of hydrogen-bond donors (Lipinski definition) is 1. The van der Waals surface area contributed by atoms with Crippen molar-refractivity contribution in [3.63, 3.8) is 0 Å². The summed E-state index contributed by atoms with van der Waals surface area (Å²) < 4.78 is 2.67. The van der Waals surface area contributed by atoms with Gasteiger partial charge in [-0.1, -0.05) is 15.9 Å². The molecule has 0 saturated carbocycles. The molecule has 1 N–H and O–H groups in total. The molecule has 102 valence electrons. The molecule has 0 amide bonds. The SMILES string of the molecule is Cc1cc(Br)cc(C)c1-n1cc2c(=O)[nH]c(Cl)nc2n1. The summed E-state index contributed by atoms with van der Waals surface area (Å²) in [5.74, 6) is 0. The van der Waals surface area contributed by atoms with Crippen LogP contribution in [0, 0.1) is 13.8 Å². The lowest BCUT2D eigenvalue weighted by Crippen LogP contribution is -2.06. The average Bonchev–Trinajstić information content (AvgIpc) is 2.71. The molecule has 0 aliphatic rings. The Morgan fingerprint density at radius 3 is 2.60 bits per heavy atom. The second-order valence-electron chi connectivity index (χ2n) is 4.56. The number of benzene rings is 1. The number of hydrogen-bond acceptors (Lipinski definition) is 3. The summed E-state index contributed by atoms with van der Waals surface area (Å²) in [7, 11) is 0. The molecular formula is C13H10BrClN4O. The summed E-state index contributed by atoms with van der Waals surface area (Å²) in [5.41, 5.74) is 3.07. The number of halogens is 2. The van der Waals surface area contributed by atoms with E-state index in [0.717, 1.165) is 21.3 Å². The molecule has 0 bridgehead atoms. The topological polar surface area (TPSA) is 63.6 Å². The van der Waals surface area contributed by atoms with Gasteiger partial charge in [0.15, 0.2) is 5.65 Å². The van der Waals surface area contributed by atoms with Crippen molar-refractivity contribution < 1.29 is 0 Å². The summed E-state index contributed by atoms with van der Waals surface area (Å²) in [4.78, 5) is 18.3. The average molecular weight is 354 g/mol. The van der Waals surface area contributed by atoms with E-state index in [-0.39, 0.29) is 10.8 Å². The minimum atomic E-state index is -0.293. The normalized spacial score (nSPS) is 11.2. The molecule has 0 spiro atoms. The van der Waals surface area contributed by atoms with E-state index >= 15 is 0 Å². The highest BCUT2D eigenvalue weighted by atomic mass is 79.9. The van der Waals surface area contributed by atoms with E-state index in [0.29, 0.717) is 11.0 Å². The smallest absolute Gasteiger partial charge is 0.262 e. The van der Waals surface area contributed by atoms with Gasteiger partial charge in [-0.15, -0.1) is 5.10 Å². The molecule has 20 heavy (non-hydrogen) atoms. The second-order valence-corrected chi connectivity index (χ2v) is 5.83. The van der Waals surface area contributed by atoms with E-state index in [1.807, 2.05) is 26.0 Å². The van der Waals surface area contributed by atoms with Crippen LogP contribution in [0.5, 0.6) is 0 Å². The maximum atomic E-state index is 11.8. The predicted molar refractivity (Wildman–Crippen MR) is 81.7 cm³/mol. The van der Waals surface area contributed by atoms with Gasteiger partial charge in [-0.05, 0) is 48.7 Å². The molecule has 0 unspecified atom stereocenters. The van der Waals surface area contributed by atoms with Gasteiger partial charge in [-0.25, -0.2) is 4.68 Å². The van der Waals surface area contributed by atoms with Gasteiger partial charge in [0.2, 0.25) is 5.28 Å². The number of fused-ring (bicyclic) bond motifs is 1. The molecule has 0 aliphatic carbocycles. The number of aromatic amines is 1. The summed E-state index contributed by atoms with van der Waals surface area (Å²) in [5, 5.41) is 4.79. The molecule has 0 aliphatic heterocycles. The van der Waals surface area contributed by atoms with Gasteiger partial charge in [0, 0.05) is 10.7 Å². The van der Waals surface area contributed by atoms with Crippen LogP contribution >= 0.6 is 27.5 Å². The summed E-state index contributed by atoms with van der Waals surface area (Å²) in [6, 6.07) is 4.00. The monoisotopic (exact) mass is 352 g/mol. The zero-order valence-corrected chi connectivity index (χ0v) is 13.1. The Bertz CT molecular complexity index is 861. The molecule has 3 rings (SSSR count). The van der Waals surface area contributed by atoms with Crippen LogP contribution in [0.25, 0.3) is 16.7 Å². The summed E-state index contributed by atoms with van der Waals surface area (Å²) >= 11 is 9.20. The van der Waals surface area contributed by atoms with E-state index in [1.165, 1.54) is 0 Å². The first-order valence-corrected chi connectivity index (χ1v) is 7.05. The van der Waals surface area contributed by atoms with Crippen molar-refractivity contribution in [3.05, 3.63) is 49.6 Å². The Morgan fingerprint density at radius 2 is 1.95 bits per heavy atom. The van der Waals surface area contributed by atoms with Crippen LogP contribution in [0.4, 0.5) is 0 Å². The van der Waals surface area contributed by atoms with Gasteiger partial charge >= 0.3 is 0 Å². The van der Waals surface area contributed by atoms with Crippen LogP contribution in [0.1, 0.15) is 11.1 Å². The van der Waals surface area contributed by atoms with Crippen molar-refractivity contribution in [3.8, 4) is 5.69 Å². The number of H-pyrrole nitrogens is 1. The van der Waals surface area contributed by atoms with Crippen LogP contribution in [-0.4, -0.2) is 19.7 Å². The lowest BCUT2D eigenvalue weighted by Gasteiger charge is -2.10. The van der Waals surface area contributed by atoms with Crippen LogP contribution in [0.3, 0.4) is 0 Å². The van der Waals surface area contributed by atoms with Gasteiger partial charge in [0.05, 0.1) is 5.69 Å². The summed E-state index contributed by atoms with van der Waals surface area (Å²) in [6.45, 7) is 3.98. The van der Waals surface area contributed by atoms with Crippen molar-refractivity contribution in [2.45, 2.75) is 13.8 Å². The van der Waals surface area contributed by atoms with Crippen LogP contribution < -0.4 is 5.56 Å². The van der Waals surface area contributed by atoms with Gasteiger partial charge < -0.3 is 0 Å². The van der Waals surface area contributed by atoms with E-state index in [4.69, 9.17) is 11.6 Å². The predicted octanol–water partition coefficient (Wildman–Crippen LogP) is 3.14. The molecular weight excluding hydrogens is 344 g/mol. The number of aryl methyl sites for hydroxylation is 2. The third kappa shape index (κ3) is 2.14. The Morgan fingerprint density at radius 1 is 1.30 bits per heavy atom. The van der Waals surface area contributed by atoms with Gasteiger partial charge in [0.25, 0.3) is 5.56 Å². The largest absolute Gasteiger partial charge is 0.296 e. The lowest BCUT2D eigenvalue weighted by atomic mass is 10.1. The molecule has 0 saturated heterocycles. The number of nitrogens with one attached hydrogen (secondary N) is 1. The van der Waals surface area contributed by atoms with Crippen LogP contribution in [-0.2, 0) is 0 Å². The zero-order valence-electron chi connectivity index (χ0n) is 10.7. The quantitative estimate of drug-likeness (QED) is 0.684. The Hall–Kier alpha value is -1.66. The van der Waals surface area contributed by atoms with E-state index in [1.54, 1.807) is 10.9 Å². The van der Waals surface area contributed by atoms with Crippen LogP contribution in [0.2, 0.25) is 5.28 Å². The number of aromatic nitrogens is 4. The Labute approximate surface area is 127 Å². The molecule has 0 radical (unpaired) electrons. The molecule has 2 heterocycles. The molecule has 5 nitrogen and oxygen atoms in total. The minimum absolute atomic E-state index is 0.0389. The first-order valence-electron chi connectivity index (χ1n) is 5.88. The maximum Gasteiger partial charge on any atom is 0.262 e. The Kier molecular flexibility index (Phi) is 3.14. The molecule has 3 aromatic rings. The van der Waals surface area contributed by atoms with Gasteiger partial charge in [-0.3, -0.25) is 9.78 Å². The third-order valence-electron chi connectivity index (χ3n) is 3.05. The minimum Gasteiger partial charge on any atom is -0.296 e. The fraction of sp³-hybridized carbons (Fsp3) is 0.154. The van der Waals surface area contributed by atoms with E-state index in [2.05, 4.69) is 31.0 Å². The van der Waals surface area contributed by atoms with Gasteiger partial charge in [0.1, 0.15) is 5.39 Å². The molecule has 0 atom stereocenters. The van der Waals surface area contributed by atoms with Crippen molar-refractivity contribution in [1.82, 2.24) is 19.7 Å². The highest BCUT2D eigenvalue weighted by Gasteiger charge is 2.12. The van der Waals surface area contributed by atoms with E-state index in [9.17, 15) is 4.79 Å². The molecule has 0 fully saturated rings. The molecule has 1 aromatic carbocycles. The van der Waals surface area contributed by atoms with E-state index < -0.39 is 0 Å². The summed E-state index contributed by atoms with van der Waals surface area (Å²) in [6.07, 6.45) is 1.67. The van der Waals surface area contributed by atoms with Crippen molar-refractivity contribution in [1.29, 1.82) is 0 Å². The lowest BCUT2D eigenvalue weighted by molar-refractivity contribution is 0.872. The molecule has 2 aromatic heterocycles. The first-order chi connectivity index (χ1) is 9.45. The highest BCUT2D eigenvalue weighted by molar-refractivity contribution is 9.10. The fourth-order valence-electron chi connectivity index (χ4n) is 2.27. The first kappa shape index (κ1) is 13.3. The second kappa shape index (κ2) is 4.71. The zero-order chi connectivity index (χ0) is 14.4. The highest BCUT2D eigenvalue weighted by Crippen LogP contribution is 2.24. The van der Waals surface area contributed by atoms with Crippen molar-refractivity contribution in [2.75, 3.05) is 0 Å². The fourth-order valence-corrected chi connectivity index (χ4v) is 3.12. The number of nitrogens with zero attached hydrogens (tertiary/aromatic N) is 3. The van der Waals surface area contributed by atoms with Gasteiger partial charge in [-0.2, -0.15) is 4.98 Å². The van der Waals surface area contributed by atoms with Crippen molar-refractivity contribution in [2.24, 2.45) is 0 Å². The number of rotatable bonds is 1. The van der Waals surface area contributed by atoms with Crippen LogP contribution in [0.15, 0.2) is 27.6 Å².